The van der Waals surface area contributed by atoms with Crippen molar-refractivity contribution in [2.75, 3.05) is 11.9 Å². The van der Waals surface area contributed by atoms with E-state index in [1.165, 1.54) is 16.9 Å². The molecule has 1 fully saturated rings. The Bertz CT molecular complexity index is 907. The van der Waals surface area contributed by atoms with Crippen LogP contribution in [0.25, 0.3) is 10.2 Å². The van der Waals surface area contributed by atoms with Crippen molar-refractivity contribution in [3.05, 3.63) is 35.9 Å². The third-order valence-corrected chi connectivity index (χ3v) is 5.94. The van der Waals surface area contributed by atoms with Gasteiger partial charge < -0.3 is 5.32 Å². The first-order valence-corrected chi connectivity index (χ1v) is 9.58. The molecule has 4 rings (SSSR count). The molecule has 2 atom stereocenters. The first-order chi connectivity index (χ1) is 12.6. The summed E-state index contributed by atoms with van der Waals surface area (Å²) in [6.45, 7) is 1.84. The van der Waals surface area contributed by atoms with Crippen LogP contribution in [0.4, 0.5) is 5.13 Å². The lowest BCUT2D eigenvalue weighted by Gasteiger charge is -2.14. The van der Waals surface area contributed by atoms with Gasteiger partial charge in [-0.25, -0.2) is 4.98 Å². The molecule has 2 aromatic rings. The van der Waals surface area contributed by atoms with Crippen molar-refractivity contribution in [2.24, 2.45) is 11.8 Å². The van der Waals surface area contributed by atoms with E-state index in [-0.39, 0.29) is 30.2 Å². The summed E-state index contributed by atoms with van der Waals surface area (Å²) in [7, 11) is 0. The molecular weight excluding hydrogens is 350 g/mol. The fourth-order valence-electron chi connectivity index (χ4n) is 3.57. The third kappa shape index (κ3) is 2.92. The minimum absolute atomic E-state index is 0.239. The second-order valence-electron chi connectivity index (χ2n) is 6.64. The van der Waals surface area contributed by atoms with Crippen LogP contribution in [0.2, 0.25) is 0 Å². The lowest BCUT2D eigenvalue weighted by atomic mass is 9.85. The van der Waals surface area contributed by atoms with E-state index in [0.717, 1.165) is 21.5 Å². The second-order valence-corrected chi connectivity index (χ2v) is 7.67. The predicted molar refractivity (Wildman–Crippen MR) is 99.7 cm³/mol. The first-order valence-electron chi connectivity index (χ1n) is 8.76. The van der Waals surface area contributed by atoms with Crippen molar-refractivity contribution in [1.29, 1.82) is 0 Å². The molecule has 134 valence electrons. The average Bonchev–Trinajstić information content (AvgIpc) is 3.15. The molecule has 0 saturated carbocycles. The van der Waals surface area contributed by atoms with Crippen molar-refractivity contribution < 1.29 is 14.4 Å². The Hall–Kier alpha value is -2.54. The minimum atomic E-state index is -0.395. The molecule has 2 unspecified atom stereocenters. The second kappa shape index (κ2) is 6.64. The highest BCUT2D eigenvalue weighted by Gasteiger charge is 2.47. The van der Waals surface area contributed by atoms with Crippen LogP contribution in [-0.4, -0.2) is 34.2 Å². The van der Waals surface area contributed by atoms with Gasteiger partial charge in [0.1, 0.15) is 6.54 Å². The average molecular weight is 369 g/mol. The fourth-order valence-corrected chi connectivity index (χ4v) is 4.52. The summed E-state index contributed by atoms with van der Waals surface area (Å²) >= 11 is 1.39. The minimum Gasteiger partial charge on any atom is -0.300 e. The van der Waals surface area contributed by atoms with Crippen LogP contribution in [0.15, 0.2) is 30.4 Å². The van der Waals surface area contributed by atoms with E-state index in [1.807, 2.05) is 24.3 Å². The number of aromatic nitrogens is 1. The zero-order valence-corrected chi connectivity index (χ0v) is 15.2. The van der Waals surface area contributed by atoms with E-state index in [9.17, 15) is 14.4 Å². The van der Waals surface area contributed by atoms with Crippen molar-refractivity contribution in [1.82, 2.24) is 9.88 Å². The molecule has 26 heavy (non-hydrogen) atoms. The maximum Gasteiger partial charge on any atom is 0.246 e. The molecule has 7 heteroatoms. The number of benzene rings is 1. The third-order valence-electron chi connectivity index (χ3n) is 5.01. The fraction of sp³-hybridized carbons (Fsp3) is 0.368. The summed E-state index contributed by atoms with van der Waals surface area (Å²) in [5, 5.41) is 3.21. The van der Waals surface area contributed by atoms with Crippen LogP contribution in [0.1, 0.15) is 25.3 Å². The smallest absolute Gasteiger partial charge is 0.246 e. The van der Waals surface area contributed by atoms with Gasteiger partial charge in [-0.1, -0.05) is 36.5 Å². The zero-order chi connectivity index (χ0) is 18.3. The summed E-state index contributed by atoms with van der Waals surface area (Å²) in [6.07, 6.45) is 5.95. The van der Waals surface area contributed by atoms with Crippen molar-refractivity contribution in [2.45, 2.75) is 26.2 Å². The molecule has 0 bridgehead atoms. The molecule has 3 amide bonds. The Labute approximate surface area is 154 Å². The summed E-state index contributed by atoms with van der Waals surface area (Å²) < 4.78 is 1.00. The SMILES string of the molecule is CCc1ccc2nc(NC(=O)CN3C(=O)C4CC=CCC4C3=O)sc2c1. The van der Waals surface area contributed by atoms with Crippen LogP contribution >= 0.6 is 11.3 Å². The molecular formula is C19H19N3O3S. The van der Waals surface area contributed by atoms with Gasteiger partial charge in [0.25, 0.3) is 0 Å². The van der Waals surface area contributed by atoms with Crippen molar-refractivity contribution >= 4 is 44.4 Å². The van der Waals surface area contributed by atoms with Gasteiger partial charge in [0, 0.05) is 0 Å². The summed E-state index contributed by atoms with van der Waals surface area (Å²) in [5.74, 6) is -1.49. The quantitative estimate of drug-likeness (QED) is 0.664. The molecule has 1 N–H and O–H groups in total. The number of imide groups is 1. The molecule has 1 aliphatic heterocycles. The molecule has 1 aliphatic carbocycles. The number of nitrogens with one attached hydrogen (secondary N) is 1. The van der Waals surface area contributed by atoms with Crippen LogP contribution in [0.3, 0.4) is 0 Å². The maximum atomic E-state index is 12.4. The van der Waals surface area contributed by atoms with Gasteiger partial charge in [0.2, 0.25) is 17.7 Å². The lowest BCUT2D eigenvalue weighted by molar-refractivity contribution is -0.142. The highest BCUT2D eigenvalue weighted by atomic mass is 32.1. The monoisotopic (exact) mass is 369 g/mol. The number of carbonyl (C=O) groups is 3. The number of rotatable bonds is 4. The van der Waals surface area contributed by atoms with Gasteiger partial charge in [-0.05, 0) is 37.0 Å². The van der Waals surface area contributed by atoms with Crippen LogP contribution in [-0.2, 0) is 20.8 Å². The van der Waals surface area contributed by atoms with Crippen LogP contribution < -0.4 is 5.32 Å². The van der Waals surface area contributed by atoms with Gasteiger partial charge in [-0.2, -0.15) is 0 Å². The van der Waals surface area contributed by atoms with Crippen LogP contribution in [0, 0.1) is 11.8 Å². The number of aryl methyl sites for hydroxylation is 1. The van der Waals surface area contributed by atoms with Gasteiger partial charge in [-0.15, -0.1) is 0 Å². The predicted octanol–water partition coefficient (Wildman–Crippen LogP) is 2.75. The summed E-state index contributed by atoms with van der Waals surface area (Å²) in [5.41, 5.74) is 2.04. The number of carbonyl (C=O) groups excluding carboxylic acids is 3. The number of hydrogen-bond donors (Lipinski definition) is 1. The molecule has 6 nitrogen and oxygen atoms in total. The van der Waals surface area contributed by atoms with E-state index in [1.54, 1.807) is 0 Å². The number of likely N-dealkylation sites (tertiary alicyclic amines) is 1. The molecule has 2 aliphatic rings. The van der Waals surface area contributed by atoms with E-state index >= 15 is 0 Å². The number of anilines is 1. The number of fused-ring (bicyclic) bond motifs is 2. The highest BCUT2D eigenvalue weighted by molar-refractivity contribution is 7.22. The van der Waals surface area contributed by atoms with Gasteiger partial charge in [0.15, 0.2) is 5.13 Å². The molecule has 0 radical (unpaired) electrons. The molecule has 0 spiro atoms. The normalized spacial score (nSPS) is 22.1. The zero-order valence-electron chi connectivity index (χ0n) is 14.4. The molecule has 1 saturated heterocycles. The number of hydrogen-bond acceptors (Lipinski definition) is 5. The molecule has 1 aromatic carbocycles. The number of thiazole rings is 1. The molecule has 1 aromatic heterocycles. The van der Waals surface area contributed by atoms with E-state index in [4.69, 9.17) is 0 Å². The van der Waals surface area contributed by atoms with Crippen molar-refractivity contribution in [3.63, 3.8) is 0 Å². The van der Waals surface area contributed by atoms with Gasteiger partial charge in [0.05, 0.1) is 22.1 Å². The molecule has 2 heterocycles. The highest BCUT2D eigenvalue weighted by Crippen LogP contribution is 2.35. The number of nitrogens with zero attached hydrogens (tertiary/aromatic N) is 2. The van der Waals surface area contributed by atoms with Gasteiger partial charge in [-0.3, -0.25) is 19.3 Å². The Kier molecular flexibility index (Phi) is 4.32. The van der Waals surface area contributed by atoms with Crippen LogP contribution in [0.5, 0.6) is 0 Å². The van der Waals surface area contributed by atoms with E-state index in [2.05, 4.69) is 23.3 Å². The summed E-state index contributed by atoms with van der Waals surface area (Å²) in [4.78, 5) is 42.7. The van der Waals surface area contributed by atoms with E-state index < -0.39 is 5.91 Å². The Morgan fingerprint density at radius 2 is 1.92 bits per heavy atom. The number of allylic oxidation sites excluding steroid dienone is 2. The van der Waals surface area contributed by atoms with Gasteiger partial charge >= 0.3 is 0 Å². The van der Waals surface area contributed by atoms with E-state index in [0.29, 0.717) is 18.0 Å². The topological polar surface area (TPSA) is 79.4 Å². The number of amides is 3. The van der Waals surface area contributed by atoms with Crippen molar-refractivity contribution in [3.8, 4) is 0 Å². The standard InChI is InChI=1S/C19H19N3O3S/c1-2-11-7-8-14-15(9-11)26-19(20-14)21-16(23)10-22-17(24)12-5-3-4-6-13(12)18(22)25/h3-4,7-9,12-13H,2,5-6,10H2,1H3,(H,20,21,23). The Morgan fingerprint density at radius 3 is 2.58 bits per heavy atom. The Balaban J connectivity index is 1.46. The summed E-state index contributed by atoms with van der Waals surface area (Å²) in [6, 6.07) is 6.02. The maximum absolute atomic E-state index is 12.4. The first kappa shape index (κ1) is 16.9. The largest absolute Gasteiger partial charge is 0.300 e. The Morgan fingerprint density at radius 1 is 1.23 bits per heavy atom. The lowest BCUT2D eigenvalue weighted by Crippen LogP contribution is -2.38.